The molecule has 0 spiro atoms. The van der Waals surface area contributed by atoms with E-state index in [4.69, 9.17) is 16.3 Å². The summed E-state index contributed by atoms with van der Waals surface area (Å²) in [6, 6.07) is 6.71. The number of halogens is 4. The van der Waals surface area contributed by atoms with Gasteiger partial charge in [0.15, 0.2) is 0 Å². The summed E-state index contributed by atoms with van der Waals surface area (Å²) < 4.78 is 46.0. The predicted octanol–water partition coefficient (Wildman–Crippen LogP) is 4.36. The zero-order valence-electron chi connectivity index (χ0n) is 14.8. The highest BCUT2D eigenvalue weighted by molar-refractivity contribution is 6.34. The number of benzene rings is 2. The molecule has 1 saturated heterocycles. The normalized spacial score (nSPS) is 14.6. The van der Waals surface area contributed by atoms with Crippen molar-refractivity contribution in [1.82, 2.24) is 0 Å². The zero-order valence-corrected chi connectivity index (χ0v) is 15.6. The first-order valence-electron chi connectivity index (χ1n) is 8.46. The van der Waals surface area contributed by atoms with Crippen molar-refractivity contribution in [2.75, 3.05) is 36.5 Å². The maximum atomic E-state index is 13.6. The lowest BCUT2D eigenvalue weighted by atomic mass is 10.1. The molecule has 2 aromatic carbocycles. The molecule has 11 heteroatoms. The van der Waals surface area contributed by atoms with Crippen LogP contribution in [-0.2, 0) is 10.9 Å². The van der Waals surface area contributed by atoms with Gasteiger partial charge in [0.2, 0.25) is 0 Å². The molecular formula is C18H15ClF3N3O4. The molecule has 29 heavy (non-hydrogen) atoms. The van der Waals surface area contributed by atoms with Crippen LogP contribution >= 0.6 is 11.6 Å². The number of nitrogens with one attached hydrogen (secondary N) is 1. The Kier molecular flexibility index (Phi) is 5.94. The Morgan fingerprint density at radius 2 is 1.86 bits per heavy atom. The van der Waals surface area contributed by atoms with Crippen molar-refractivity contribution in [1.29, 1.82) is 0 Å². The summed E-state index contributed by atoms with van der Waals surface area (Å²) in [5, 5.41) is 12.9. The van der Waals surface area contributed by atoms with Crippen LogP contribution in [0.5, 0.6) is 0 Å². The van der Waals surface area contributed by atoms with E-state index in [1.807, 2.05) is 0 Å². The number of non-ortho nitro benzene ring substituents is 1. The highest BCUT2D eigenvalue weighted by Crippen LogP contribution is 2.38. The lowest BCUT2D eigenvalue weighted by Gasteiger charge is -2.29. The molecule has 0 saturated carbocycles. The van der Waals surface area contributed by atoms with E-state index in [9.17, 15) is 28.1 Å². The van der Waals surface area contributed by atoms with Gasteiger partial charge in [-0.1, -0.05) is 11.6 Å². The second-order valence-electron chi connectivity index (χ2n) is 6.20. The average molecular weight is 430 g/mol. The molecule has 0 atom stereocenters. The van der Waals surface area contributed by atoms with Crippen LogP contribution in [0.25, 0.3) is 0 Å². The summed E-state index contributed by atoms with van der Waals surface area (Å²) in [4.78, 5) is 24.4. The van der Waals surface area contributed by atoms with Gasteiger partial charge in [-0.25, -0.2) is 0 Å². The molecule has 0 bridgehead atoms. The number of hydrogen-bond donors (Lipinski definition) is 1. The number of ether oxygens (including phenoxy) is 1. The molecule has 1 amide bonds. The van der Waals surface area contributed by atoms with Crippen LogP contribution in [0.1, 0.15) is 15.9 Å². The highest BCUT2D eigenvalue weighted by atomic mass is 35.5. The van der Waals surface area contributed by atoms with Crippen molar-refractivity contribution >= 4 is 34.6 Å². The van der Waals surface area contributed by atoms with Crippen LogP contribution in [0.3, 0.4) is 0 Å². The SMILES string of the molecule is O=C(Nc1ccc(N2CCOCC2)cc1C(F)(F)F)c1cc([N+](=O)[O-])ccc1Cl. The van der Waals surface area contributed by atoms with E-state index in [0.29, 0.717) is 32.0 Å². The van der Waals surface area contributed by atoms with Gasteiger partial charge in [0.25, 0.3) is 11.6 Å². The summed E-state index contributed by atoms with van der Waals surface area (Å²) in [6.07, 6.45) is -4.72. The Bertz CT molecular complexity index is 946. The Balaban J connectivity index is 1.93. The highest BCUT2D eigenvalue weighted by Gasteiger charge is 2.35. The molecule has 1 heterocycles. The Morgan fingerprint density at radius 1 is 1.17 bits per heavy atom. The van der Waals surface area contributed by atoms with Crippen molar-refractivity contribution < 1.29 is 27.6 Å². The molecule has 1 N–H and O–H groups in total. The van der Waals surface area contributed by atoms with Crippen LogP contribution in [0.4, 0.5) is 30.2 Å². The molecule has 7 nitrogen and oxygen atoms in total. The minimum atomic E-state index is -4.72. The molecule has 0 aliphatic carbocycles. The quantitative estimate of drug-likeness (QED) is 0.576. The summed E-state index contributed by atoms with van der Waals surface area (Å²) >= 11 is 5.89. The number of morpholine rings is 1. The molecular weight excluding hydrogens is 415 g/mol. The van der Waals surface area contributed by atoms with Crippen LogP contribution in [0.15, 0.2) is 36.4 Å². The summed E-state index contributed by atoms with van der Waals surface area (Å²) in [5.74, 6) is -0.983. The maximum absolute atomic E-state index is 13.6. The van der Waals surface area contributed by atoms with Gasteiger partial charge in [-0.2, -0.15) is 13.2 Å². The largest absolute Gasteiger partial charge is 0.418 e. The predicted molar refractivity (Wildman–Crippen MR) is 101 cm³/mol. The van der Waals surface area contributed by atoms with Crippen molar-refractivity contribution in [3.8, 4) is 0 Å². The number of rotatable bonds is 4. The number of alkyl halides is 3. The Hall–Kier alpha value is -2.85. The molecule has 0 aromatic heterocycles. The summed E-state index contributed by atoms with van der Waals surface area (Å²) in [6.45, 7) is 1.72. The monoisotopic (exact) mass is 429 g/mol. The maximum Gasteiger partial charge on any atom is 0.418 e. The van der Waals surface area contributed by atoms with Crippen LogP contribution in [0, 0.1) is 10.1 Å². The van der Waals surface area contributed by atoms with Crippen molar-refractivity contribution in [3.63, 3.8) is 0 Å². The first-order chi connectivity index (χ1) is 13.7. The molecule has 2 aromatic rings. The minimum absolute atomic E-state index is 0.119. The minimum Gasteiger partial charge on any atom is -0.378 e. The third-order valence-corrected chi connectivity index (χ3v) is 4.67. The fourth-order valence-electron chi connectivity index (χ4n) is 2.88. The van der Waals surface area contributed by atoms with E-state index in [0.717, 1.165) is 30.3 Å². The Morgan fingerprint density at radius 3 is 2.48 bits per heavy atom. The number of hydrogen-bond acceptors (Lipinski definition) is 5. The van der Waals surface area contributed by atoms with Gasteiger partial charge >= 0.3 is 6.18 Å². The number of carbonyl (C=O) groups is 1. The van der Waals surface area contributed by atoms with Gasteiger partial charge in [0.1, 0.15) is 0 Å². The van der Waals surface area contributed by atoms with Crippen LogP contribution in [0.2, 0.25) is 5.02 Å². The third kappa shape index (κ3) is 4.77. The fourth-order valence-corrected chi connectivity index (χ4v) is 3.09. The summed E-state index contributed by atoms with van der Waals surface area (Å²) in [7, 11) is 0. The van der Waals surface area contributed by atoms with Gasteiger partial charge < -0.3 is 15.0 Å². The van der Waals surface area contributed by atoms with E-state index in [2.05, 4.69) is 5.32 Å². The molecule has 3 rings (SSSR count). The lowest BCUT2D eigenvalue weighted by Crippen LogP contribution is -2.36. The second kappa shape index (κ2) is 8.26. The van der Waals surface area contributed by atoms with Gasteiger partial charge in [0, 0.05) is 30.9 Å². The molecule has 1 aliphatic rings. The third-order valence-electron chi connectivity index (χ3n) is 4.34. The Labute approximate surface area is 168 Å². The van der Waals surface area contributed by atoms with Crippen LogP contribution in [-0.4, -0.2) is 37.1 Å². The lowest BCUT2D eigenvalue weighted by molar-refractivity contribution is -0.384. The van der Waals surface area contributed by atoms with Crippen molar-refractivity contribution in [3.05, 3.63) is 62.7 Å². The first kappa shape index (κ1) is 20.9. The zero-order chi connectivity index (χ0) is 21.2. The summed E-state index contributed by atoms with van der Waals surface area (Å²) in [5.41, 5.74) is -1.85. The van der Waals surface area contributed by atoms with Gasteiger partial charge in [-0.3, -0.25) is 14.9 Å². The number of nitro benzene ring substituents is 1. The van der Waals surface area contributed by atoms with E-state index in [1.54, 1.807) is 4.90 Å². The number of amides is 1. The van der Waals surface area contributed by atoms with E-state index in [-0.39, 0.29) is 10.6 Å². The number of nitrogens with zero attached hydrogens (tertiary/aromatic N) is 2. The molecule has 0 unspecified atom stereocenters. The molecule has 0 radical (unpaired) electrons. The van der Waals surface area contributed by atoms with Gasteiger partial charge in [-0.05, 0) is 24.3 Å². The smallest absolute Gasteiger partial charge is 0.378 e. The fraction of sp³-hybridized carbons (Fsp3) is 0.278. The molecule has 154 valence electrons. The number of anilines is 2. The number of nitro groups is 1. The van der Waals surface area contributed by atoms with Crippen LogP contribution < -0.4 is 10.2 Å². The first-order valence-corrected chi connectivity index (χ1v) is 8.84. The molecule has 1 aliphatic heterocycles. The van der Waals surface area contributed by atoms with Gasteiger partial charge in [0.05, 0.1) is 40.0 Å². The van der Waals surface area contributed by atoms with E-state index in [1.165, 1.54) is 6.07 Å². The van der Waals surface area contributed by atoms with Gasteiger partial charge in [-0.15, -0.1) is 0 Å². The van der Waals surface area contributed by atoms with E-state index >= 15 is 0 Å². The van der Waals surface area contributed by atoms with E-state index < -0.39 is 33.9 Å². The standard InChI is InChI=1S/C18H15ClF3N3O4/c19-15-3-1-12(25(27)28)9-13(15)17(26)23-16-4-2-11(10-14(16)18(20,21)22)24-5-7-29-8-6-24/h1-4,9-10H,5-8H2,(H,23,26). The number of carbonyl (C=O) groups excluding carboxylic acids is 1. The average Bonchev–Trinajstić information content (AvgIpc) is 2.68. The van der Waals surface area contributed by atoms with Crippen molar-refractivity contribution in [2.45, 2.75) is 6.18 Å². The second-order valence-corrected chi connectivity index (χ2v) is 6.61. The topological polar surface area (TPSA) is 84.7 Å². The molecule has 1 fully saturated rings. The van der Waals surface area contributed by atoms with Crippen molar-refractivity contribution in [2.24, 2.45) is 0 Å².